The number of para-hydroxylation sites is 1. The summed E-state index contributed by atoms with van der Waals surface area (Å²) in [7, 11) is 0. The van der Waals surface area contributed by atoms with E-state index < -0.39 is 5.97 Å². The maximum absolute atomic E-state index is 12.4. The van der Waals surface area contributed by atoms with Crippen LogP contribution in [-0.4, -0.2) is 22.7 Å². The summed E-state index contributed by atoms with van der Waals surface area (Å²) in [6.45, 7) is 0. The van der Waals surface area contributed by atoms with E-state index in [2.05, 4.69) is 17.9 Å². The van der Waals surface area contributed by atoms with E-state index in [9.17, 15) is 9.59 Å². The van der Waals surface area contributed by atoms with E-state index in [1.165, 1.54) is 6.07 Å². The topological polar surface area (TPSA) is 66.4 Å². The molecule has 1 unspecified atom stereocenters. The second-order valence-electron chi connectivity index (χ2n) is 4.91. The highest BCUT2D eigenvalue weighted by molar-refractivity contribution is 7.80. The largest absolute Gasteiger partial charge is 0.478 e. The third-order valence-corrected chi connectivity index (χ3v) is 3.77. The van der Waals surface area contributed by atoms with Crippen LogP contribution < -0.4 is 5.32 Å². The number of aromatic carboxylic acids is 1. The maximum Gasteiger partial charge on any atom is 0.337 e. The average Bonchev–Trinajstić information content (AvgIpc) is 2.53. The fourth-order valence-corrected chi connectivity index (χ4v) is 2.45. The zero-order chi connectivity index (χ0) is 15.9. The molecule has 2 N–H and O–H groups in total. The summed E-state index contributed by atoms with van der Waals surface area (Å²) in [5, 5.41) is 11.8. The fraction of sp³-hybridized carbons (Fsp3) is 0.176. The lowest BCUT2D eigenvalue weighted by atomic mass is 10.00. The molecule has 22 heavy (non-hydrogen) atoms. The third kappa shape index (κ3) is 4.11. The van der Waals surface area contributed by atoms with Crippen LogP contribution >= 0.6 is 12.6 Å². The molecule has 5 heteroatoms. The number of carbonyl (C=O) groups excluding carboxylic acids is 1. The molecule has 0 aliphatic heterocycles. The van der Waals surface area contributed by atoms with Gasteiger partial charge in [-0.3, -0.25) is 4.79 Å². The van der Waals surface area contributed by atoms with Crippen molar-refractivity contribution in [2.75, 3.05) is 11.1 Å². The van der Waals surface area contributed by atoms with Gasteiger partial charge in [-0.2, -0.15) is 12.6 Å². The minimum Gasteiger partial charge on any atom is -0.478 e. The molecule has 0 aliphatic carbocycles. The Morgan fingerprint density at radius 3 is 2.32 bits per heavy atom. The normalized spacial score (nSPS) is 11.7. The fourth-order valence-electron chi connectivity index (χ4n) is 2.15. The minimum atomic E-state index is -1.07. The molecule has 0 fully saturated rings. The van der Waals surface area contributed by atoms with Crippen molar-refractivity contribution in [3.05, 3.63) is 65.7 Å². The lowest BCUT2D eigenvalue weighted by molar-refractivity contribution is -0.119. The number of anilines is 1. The Morgan fingerprint density at radius 1 is 1.05 bits per heavy atom. The summed E-state index contributed by atoms with van der Waals surface area (Å²) in [6.07, 6.45) is 0.561. The highest BCUT2D eigenvalue weighted by atomic mass is 32.1. The number of rotatable bonds is 6. The van der Waals surface area contributed by atoms with E-state index in [0.717, 1.165) is 5.56 Å². The molecular formula is C17H17NO3S. The van der Waals surface area contributed by atoms with E-state index in [-0.39, 0.29) is 17.4 Å². The molecule has 4 nitrogen and oxygen atoms in total. The molecular weight excluding hydrogens is 298 g/mol. The van der Waals surface area contributed by atoms with E-state index in [4.69, 9.17) is 5.11 Å². The van der Waals surface area contributed by atoms with E-state index in [1.54, 1.807) is 18.2 Å². The van der Waals surface area contributed by atoms with Crippen LogP contribution in [0.2, 0.25) is 0 Å². The zero-order valence-corrected chi connectivity index (χ0v) is 12.8. The summed E-state index contributed by atoms with van der Waals surface area (Å²) in [5.74, 6) is -1.24. The van der Waals surface area contributed by atoms with Crippen LogP contribution in [0, 0.1) is 5.92 Å². The van der Waals surface area contributed by atoms with Crippen LogP contribution in [0.15, 0.2) is 54.6 Å². The van der Waals surface area contributed by atoms with Gasteiger partial charge in [0.05, 0.1) is 17.2 Å². The van der Waals surface area contributed by atoms with Crippen molar-refractivity contribution in [2.45, 2.75) is 6.42 Å². The molecule has 0 saturated heterocycles. The van der Waals surface area contributed by atoms with Crippen LogP contribution in [0.1, 0.15) is 15.9 Å². The summed E-state index contributed by atoms with van der Waals surface area (Å²) >= 11 is 4.24. The standard InChI is InChI=1S/C17H17NO3S/c19-16(13(11-22)10-12-6-2-1-3-7-12)18-15-9-5-4-8-14(15)17(20)21/h1-9,13,22H,10-11H2,(H,18,19)(H,20,21). The molecule has 0 radical (unpaired) electrons. The van der Waals surface area contributed by atoms with Gasteiger partial charge in [-0.1, -0.05) is 42.5 Å². The Labute approximate surface area is 134 Å². The van der Waals surface area contributed by atoms with Gasteiger partial charge in [0.25, 0.3) is 0 Å². The van der Waals surface area contributed by atoms with Gasteiger partial charge >= 0.3 is 5.97 Å². The minimum absolute atomic E-state index is 0.0773. The van der Waals surface area contributed by atoms with E-state index >= 15 is 0 Å². The maximum atomic E-state index is 12.4. The molecule has 2 rings (SSSR count). The van der Waals surface area contributed by atoms with Gasteiger partial charge in [-0.05, 0) is 24.1 Å². The number of hydrogen-bond acceptors (Lipinski definition) is 3. The molecule has 2 aromatic rings. The number of carbonyl (C=O) groups is 2. The summed E-state index contributed by atoms with van der Waals surface area (Å²) in [6, 6.07) is 16.0. The van der Waals surface area contributed by atoms with Gasteiger partial charge in [0.2, 0.25) is 5.91 Å². The first-order valence-electron chi connectivity index (χ1n) is 6.89. The lowest BCUT2D eigenvalue weighted by Crippen LogP contribution is -2.26. The molecule has 0 aromatic heterocycles. The Morgan fingerprint density at radius 2 is 1.68 bits per heavy atom. The Hall–Kier alpha value is -2.27. The van der Waals surface area contributed by atoms with Crippen LogP contribution in [0.25, 0.3) is 0 Å². The zero-order valence-electron chi connectivity index (χ0n) is 11.9. The first-order chi connectivity index (χ1) is 10.6. The van der Waals surface area contributed by atoms with Gasteiger partial charge in [-0.15, -0.1) is 0 Å². The van der Waals surface area contributed by atoms with Crippen LogP contribution in [-0.2, 0) is 11.2 Å². The van der Waals surface area contributed by atoms with Gasteiger partial charge in [-0.25, -0.2) is 4.79 Å². The van der Waals surface area contributed by atoms with Crippen molar-refractivity contribution >= 4 is 30.2 Å². The summed E-state index contributed by atoms with van der Waals surface area (Å²) in [4.78, 5) is 23.5. The van der Waals surface area contributed by atoms with Crippen molar-refractivity contribution in [3.63, 3.8) is 0 Å². The molecule has 0 saturated carbocycles. The van der Waals surface area contributed by atoms with E-state index in [0.29, 0.717) is 17.9 Å². The first kappa shape index (κ1) is 16.1. The Balaban J connectivity index is 2.11. The number of benzene rings is 2. The number of carboxylic acids is 1. The quantitative estimate of drug-likeness (QED) is 0.718. The van der Waals surface area contributed by atoms with Crippen LogP contribution in [0.3, 0.4) is 0 Å². The highest BCUT2D eigenvalue weighted by Gasteiger charge is 2.19. The van der Waals surface area contributed by atoms with Gasteiger partial charge in [0, 0.05) is 5.75 Å². The molecule has 0 bridgehead atoms. The second-order valence-corrected chi connectivity index (χ2v) is 5.27. The number of amides is 1. The molecule has 1 atom stereocenters. The summed E-state index contributed by atoms with van der Waals surface area (Å²) in [5.41, 5.74) is 1.43. The molecule has 114 valence electrons. The van der Waals surface area contributed by atoms with Gasteiger partial charge in [0.1, 0.15) is 0 Å². The SMILES string of the molecule is O=C(O)c1ccccc1NC(=O)C(CS)Cc1ccccc1. The number of nitrogens with one attached hydrogen (secondary N) is 1. The number of carboxylic acid groups (broad SMARTS) is 1. The predicted molar refractivity (Wildman–Crippen MR) is 89.5 cm³/mol. The first-order valence-corrected chi connectivity index (χ1v) is 7.53. The molecule has 1 amide bonds. The van der Waals surface area contributed by atoms with Gasteiger partial charge in [0.15, 0.2) is 0 Å². The number of hydrogen-bond donors (Lipinski definition) is 3. The van der Waals surface area contributed by atoms with Crippen molar-refractivity contribution in [3.8, 4) is 0 Å². The molecule has 0 aliphatic rings. The monoisotopic (exact) mass is 315 g/mol. The average molecular weight is 315 g/mol. The second kappa shape index (κ2) is 7.66. The van der Waals surface area contributed by atoms with Crippen molar-refractivity contribution < 1.29 is 14.7 Å². The summed E-state index contributed by atoms with van der Waals surface area (Å²) < 4.78 is 0. The van der Waals surface area contributed by atoms with Crippen LogP contribution in [0.5, 0.6) is 0 Å². The predicted octanol–water partition coefficient (Wildman–Crippen LogP) is 3.11. The molecule has 0 spiro atoms. The van der Waals surface area contributed by atoms with Crippen molar-refractivity contribution in [2.24, 2.45) is 5.92 Å². The Kier molecular flexibility index (Phi) is 5.61. The van der Waals surface area contributed by atoms with Gasteiger partial charge < -0.3 is 10.4 Å². The van der Waals surface area contributed by atoms with Crippen molar-refractivity contribution in [1.82, 2.24) is 0 Å². The highest BCUT2D eigenvalue weighted by Crippen LogP contribution is 2.18. The third-order valence-electron chi connectivity index (χ3n) is 3.33. The molecule has 2 aromatic carbocycles. The Bertz CT molecular complexity index is 658. The van der Waals surface area contributed by atoms with E-state index in [1.807, 2.05) is 30.3 Å². The van der Waals surface area contributed by atoms with Crippen LogP contribution in [0.4, 0.5) is 5.69 Å². The molecule has 0 heterocycles. The lowest BCUT2D eigenvalue weighted by Gasteiger charge is -2.16. The number of thiol groups is 1. The smallest absolute Gasteiger partial charge is 0.337 e. The van der Waals surface area contributed by atoms with Crippen molar-refractivity contribution in [1.29, 1.82) is 0 Å².